The number of sulfone groups is 1. The number of nitrogens with zero attached hydrogens (tertiary/aromatic N) is 3. The van der Waals surface area contributed by atoms with Gasteiger partial charge < -0.3 is 5.32 Å². The molecular weight excluding hydrogens is 480 g/mol. The molecule has 0 radical (unpaired) electrons. The normalized spacial score (nSPS) is 16.5. The molecule has 2 aromatic carbocycles. The highest BCUT2D eigenvalue weighted by Crippen LogP contribution is 2.42. The van der Waals surface area contributed by atoms with Gasteiger partial charge >= 0.3 is 0 Å². The summed E-state index contributed by atoms with van der Waals surface area (Å²) < 4.78 is 23.2. The lowest BCUT2D eigenvalue weighted by molar-refractivity contribution is 0.0949. The maximum absolute atomic E-state index is 12.8. The molecule has 182 valence electrons. The van der Waals surface area contributed by atoms with Crippen LogP contribution in [0.15, 0.2) is 53.4 Å². The molecule has 2 heterocycles. The van der Waals surface area contributed by atoms with Crippen LogP contribution in [0.2, 0.25) is 0 Å². The number of hydrogen-bond donors (Lipinski definition) is 1. The van der Waals surface area contributed by atoms with Gasteiger partial charge in [-0.25, -0.2) is 13.4 Å². The Morgan fingerprint density at radius 2 is 1.86 bits per heavy atom. The Balaban J connectivity index is 1.45. The van der Waals surface area contributed by atoms with Crippen LogP contribution in [0.25, 0.3) is 0 Å². The highest BCUT2D eigenvalue weighted by molar-refractivity contribution is 7.90. The van der Waals surface area contributed by atoms with E-state index in [2.05, 4.69) is 30.1 Å². The van der Waals surface area contributed by atoms with Gasteiger partial charge in [-0.05, 0) is 41.3 Å². The first-order valence-electron chi connectivity index (χ1n) is 11.5. The zero-order valence-corrected chi connectivity index (χ0v) is 21.6. The van der Waals surface area contributed by atoms with Crippen LogP contribution in [0, 0.1) is 17.2 Å². The molecule has 0 saturated carbocycles. The van der Waals surface area contributed by atoms with Crippen LogP contribution in [0.4, 0.5) is 0 Å². The van der Waals surface area contributed by atoms with Gasteiger partial charge in [-0.1, -0.05) is 44.5 Å². The van der Waals surface area contributed by atoms with Crippen molar-refractivity contribution in [3.63, 3.8) is 0 Å². The average Bonchev–Trinajstić information content (AvgIpc) is 3.40. The number of carbonyl (C=O) groups is 1. The minimum absolute atomic E-state index is 0.131. The number of thiazole rings is 1. The van der Waals surface area contributed by atoms with E-state index in [1.54, 1.807) is 24.3 Å². The van der Waals surface area contributed by atoms with Gasteiger partial charge in [0.2, 0.25) is 0 Å². The number of carbonyl (C=O) groups excluding carboxylic acids is 1. The molecular formula is C26H28N4O3S2. The Kier molecular flexibility index (Phi) is 7.36. The highest BCUT2D eigenvalue weighted by Gasteiger charge is 2.37. The van der Waals surface area contributed by atoms with Crippen molar-refractivity contribution in [2.75, 3.05) is 6.26 Å². The molecule has 7 nitrogen and oxygen atoms in total. The SMILES string of the molecule is CC[C@H](C)[C@H]1c2nc(C(=O)NCc3ccc(S(C)(=O)=O)cc3)sc2CN1Cc1ccc(C#N)cc1. The predicted octanol–water partition coefficient (Wildman–Crippen LogP) is 4.45. The summed E-state index contributed by atoms with van der Waals surface area (Å²) in [5, 5.41) is 12.4. The van der Waals surface area contributed by atoms with Crippen LogP contribution < -0.4 is 5.32 Å². The third-order valence-corrected chi connectivity index (χ3v) is 8.58. The van der Waals surface area contributed by atoms with Crippen LogP contribution in [0.1, 0.15) is 63.4 Å². The molecule has 0 fully saturated rings. The molecule has 9 heteroatoms. The fraction of sp³-hybridized carbons (Fsp3) is 0.346. The summed E-state index contributed by atoms with van der Waals surface area (Å²) in [5.41, 5.74) is 3.60. The zero-order valence-electron chi connectivity index (χ0n) is 20.0. The van der Waals surface area contributed by atoms with Crippen LogP contribution in [-0.4, -0.2) is 30.5 Å². The molecule has 1 amide bonds. The Morgan fingerprint density at radius 1 is 1.20 bits per heavy atom. The molecule has 3 aromatic rings. The lowest BCUT2D eigenvalue weighted by Gasteiger charge is -2.29. The van der Waals surface area contributed by atoms with Gasteiger partial charge in [0.05, 0.1) is 28.3 Å². The number of fused-ring (bicyclic) bond motifs is 1. The van der Waals surface area contributed by atoms with Gasteiger partial charge in [-0.15, -0.1) is 11.3 Å². The quantitative estimate of drug-likeness (QED) is 0.482. The summed E-state index contributed by atoms with van der Waals surface area (Å²) >= 11 is 1.44. The fourth-order valence-electron chi connectivity index (χ4n) is 4.30. The molecule has 0 spiro atoms. The monoisotopic (exact) mass is 508 g/mol. The molecule has 0 bridgehead atoms. The summed E-state index contributed by atoms with van der Waals surface area (Å²) in [6.07, 6.45) is 2.17. The number of aromatic nitrogens is 1. The van der Waals surface area contributed by atoms with Gasteiger partial charge in [0.25, 0.3) is 5.91 Å². The van der Waals surface area contributed by atoms with Gasteiger partial charge in [0.15, 0.2) is 14.8 Å². The third kappa shape index (κ3) is 5.61. The van der Waals surface area contributed by atoms with Crippen molar-refractivity contribution in [2.45, 2.75) is 50.8 Å². The Morgan fingerprint density at radius 3 is 2.46 bits per heavy atom. The second-order valence-electron chi connectivity index (χ2n) is 8.97. The molecule has 1 aromatic heterocycles. The molecule has 0 saturated heterocycles. The maximum Gasteiger partial charge on any atom is 0.280 e. The lowest BCUT2D eigenvalue weighted by atomic mass is 9.96. The van der Waals surface area contributed by atoms with Gasteiger partial charge in [-0.2, -0.15) is 5.26 Å². The predicted molar refractivity (Wildman–Crippen MR) is 135 cm³/mol. The van der Waals surface area contributed by atoms with E-state index < -0.39 is 9.84 Å². The molecule has 1 aliphatic heterocycles. The number of hydrogen-bond acceptors (Lipinski definition) is 7. The topological polar surface area (TPSA) is 103 Å². The van der Waals surface area contributed by atoms with Gasteiger partial charge in [0.1, 0.15) is 0 Å². The van der Waals surface area contributed by atoms with E-state index in [9.17, 15) is 13.2 Å². The van der Waals surface area contributed by atoms with Crippen LogP contribution in [-0.2, 0) is 29.5 Å². The largest absolute Gasteiger partial charge is 0.346 e. The minimum Gasteiger partial charge on any atom is -0.346 e. The summed E-state index contributed by atoms with van der Waals surface area (Å²) in [4.78, 5) is 21.4. The van der Waals surface area contributed by atoms with Crippen molar-refractivity contribution < 1.29 is 13.2 Å². The van der Waals surface area contributed by atoms with Crippen molar-refractivity contribution in [3.8, 4) is 6.07 Å². The highest BCUT2D eigenvalue weighted by atomic mass is 32.2. The van der Waals surface area contributed by atoms with Crippen LogP contribution in [0.5, 0.6) is 0 Å². The van der Waals surface area contributed by atoms with Crippen molar-refractivity contribution >= 4 is 27.1 Å². The number of rotatable bonds is 8. The number of amides is 1. The summed E-state index contributed by atoms with van der Waals surface area (Å²) in [7, 11) is -3.25. The van der Waals surface area contributed by atoms with Crippen molar-refractivity contribution in [2.24, 2.45) is 5.92 Å². The minimum atomic E-state index is -3.25. The van der Waals surface area contributed by atoms with Gasteiger partial charge in [-0.3, -0.25) is 9.69 Å². The van der Waals surface area contributed by atoms with E-state index in [1.165, 1.54) is 17.6 Å². The molecule has 1 aliphatic rings. The average molecular weight is 509 g/mol. The Bertz CT molecular complexity index is 1360. The number of nitriles is 1. The van der Waals surface area contributed by atoms with E-state index in [0.29, 0.717) is 23.0 Å². The first-order valence-corrected chi connectivity index (χ1v) is 14.2. The Labute approximate surface area is 210 Å². The summed E-state index contributed by atoms with van der Waals surface area (Å²) in [6, 6.07) is 16.5. The zero-order chi connectivity index (χ0) is 25.2. The molecule has 0 unspecified atom stereocenters. The first-order chi connectivity index (χ1) is 16.7. The standard InChI is InChI=1S/C26H28N4O3S2/c1-4-17(2)24-23-22(16-30(24)15-20-7-5-18(13-27)6-8-20)34-26(29-23)25(31)28-14-19-9-11-21(12-10-19)35(3,32)33/h5-12,17,24H,4,14-16H2,1-3H3,(H,28,31)/t17-,24-/m0/s1. The maximum atomic E-state index is 12.8. The van der Waals surface area contributed by atoms with Gasteiger partial charge in [0, 0.05) is 30.8 Å². The molecule has 1 N–H and O–H groups in total. The second-order valence-corrected chi connectivity index (χ2v) is 12.1. The van der Waals surface area contributed by atoms with Crippen molar-refractivity contribution in [3.05, 3.63) is 80.8 Å². The third-order valence-electron chi connectivity index (χ3n) is 6.40. The summed E-state index contributed by atoms with van der Waals surface area (Å²) in [6.45, 7) is 6.17. The lowest BCUT2D eigenvalue weighted by Crippen LogP contribution is -2.28. The first kappa shape index (κ1) is 25.0. The van der Waals surface area contributed by atoms with Crippen LogP contribution >= 0.6 is 11.3 Å². The van der Waals surface area contributed by atoms with E-state index >= 15 is 0 Å². The van der Waals surface area contributed by atoms with E-state index in [4.69, 9.17) is 10.2 Å². The molecule has 4 rings (SSSR count). The van der Waals surface area contributed by atoms with E-state index in [0.717, 1.165) is 41.2 Å². The fourth-order valence-corrected chi connectivity index (χ4v) is 5.97. The van der Waals surface area contributed by atoms with Crippen molar-refractivity contribution in [1.29, 1.82) is 5.26 Å². The smallest absolute Gasteiger partial charge is 0.280 e. The number of nitrogens with one attached hydrogen (secondary N) is 1. The molecule has 0 aliphatic carbocycles. The van der Waals surface area contributed by atoms with Crippen LogP contribution in [0.3, 0.4) is 0 Å². The Hall–Kier alpha value is -3.06. The summed E-state index contributed by atoms with van der Waals surface area (Å²) in [5.74, 6) is 0.152. The molecule has 2 atom stereocenters. The van der Waals surface area contributed by atoms with E-state index in [-0.39, 0.29) is 16.8 Å². The molecule has 35 heavy (non-hydrogen) atoms. The number of benzene rings is 2. The second kappa shape index (κ2) is 10.3. The van der Waals surface area contributed by atoms with E-state index in [1.807, 2.05) is 24.3 Å². The van der Waals surface area contributed by atoms with Crippen molar-refractivity contribution in [1.82, 2.24) is 15.2 Å².